The summed E-state index contributed by atoms with van der Waals surface area (Å²) < 4.78 is 11.2. The van der Waals surface area contributed by atoms with Gasteiger partial charge in [0.15, 0.2) is 0 Å². The highest BCUT2D eigenvalue weighted by atomic mass is 16.5. The molecule has 0 heterocycles. The van der Waals surface area contributed by atoms with E-state index in [1.165, 1.54) is 5.56 Å². The number of hydrogen-bond acceptors (Lipinski definition) is 3. The summed E-state index contributed by atoms with van der Waals surface area (Å²) >= 11 is 0. The van der Waals surface area contributed by atoms with Crippen LogP contribution in [0.3, 0.4) is 0 Å². The van der Waals surface area contributed by atoms with Gasteiger partial charge in [-0.3, -0.25) is 4.79 Å². The Balaban J connectivity index is 2.44. The third-order valence-electron chi connectivity index (χ3n) is 3.15. The summed E-state index contributed by atoms with van der Waals surface area (Å²) in [6, 6.07) is 8.31. The number of aryl methyl sites for hydroxylation is 1. The minimum absolute atomic E-state index is 0.129. The summed E-state index contributed by atoms with van der Waals surface area (Å²) in [6.07, 6.45) is 0.968. The molecule has 20 heavy (non-hydrogen) atoms. The molecule has 1 aromatic carbocycles. The van der Waals surface area contributed by atoms with Crippen LogP contribution in [0.4, 0.5) is 0 Å². The molecule has 0 aliphatic rings. The third kappa shape index (κ3) is 6.20. The van der Waals surface area contributed by atoms with E-state index in [1.54, 1.807) is 6.92 Å². The highest BCUT2D eigenvalue weighted by molar-refractivity contribution is 5.69. The van der Waals surface area contributed by atoms with Crippen LogP contribution in [0.2, 0.25) is 0 Å². The lowest BCUT2D eigenvalue weighted by Gasteiger charge is -2.28. The first-order valence-electron chi connectivity index (χ1n) is 7.21. The minimum Gasteiger partial charge on any atom is -0.463 e. The highest BCUT2D eigenvalue weighted by Crippen LogP contribution is 2.21. The Labute approximate surface area is 122 Å². The van der Waals surface area contributed by atoms with Crippen LogP contribution in [0.15, 0.2) is 24.3 Å². The van der Waals surface area contributed by atoms with Crippen LogP contribution in [0.25, 0.3) is 0 Å². The SMILES string of the molecule is CCC(=O)OC(C)CC(C)(C)OCc1ccc(C)cc1. The van der Waals surface area contributed by atoms with Crippen molar-refractivity contribution in [1.82, 2.24) is 0 Å². The second-order valence-corrected chi connectivity index (χ2v) is 5.89. The lowest BCUT2D eigenvalue weighted by Crippen LogP contribution is -2.31. The Morgan fingerprint density at radius 3 is 2.40 bits per heavy atom. The van der Waals surface area contributed by atoms with E-state index < -0.39 is 0 Å². The van der Waals surface area contributed by atoms with Gasteiger partial charge in [-0.2, -0.15) is 0 Å². The van der Waals surface area contributed by atoms with Gasteiger partial charge in [0.05, 0.1) is 12.2 Å². The molecule has 0 saturated carbocycles. The molecule has 0 spiro atoms. The monoisotopic (exact) mass is 278 g/mol. The molecule has 0 amide bonds. The lowest BCUT2D eigenvalue weighted by atomic mass is 10.0. The molecule has 1 rings (SSSR count). The summed E-state index contributed by atoms with van der Waals surface area (Å²) in [5, 5.41) is 0. The molecule has 0 aromatic heterocycles. The fourth-order valence-corrected chi connectivity index (χ4v) is 2.06. The Kier molecular flexibility index (Phi) is 6.21. The van der Waals surface area contributed by atoms with E-state index in [-0.39, 0.29) is 17.7 Å². The number of benzene rings is 1. The zero-order chi connectivity index (χ0) is 15.2. The summed E-state index contributed by atoms with van der Waals surface area (Å²) in [4.78, 5) is 11.3. The molecule has 0 aliphatic heterocycles. The van der Waals surface area contributed by atoms with Crippen LogP contribution < -0.4 is 0 Å². The maximum Gasteiger partial charge on any atom is 0.305 e. The molecule has 0 N–H and O–H groups in total. The molecular weight excluding hydrogens is 252 g/mol. The van der Waals surface area contributed by atoms with Crippen molar-refractivity contribution in [3.63, 3.8) is 0 Å². The van der Waals surface area contributed by atoms with E-state index in [1.807, 2.05) is 20.8 Å². The van der Waals surface area contributed by atoms with E-state index in [4.69, 9.17) is 9.47 Å². The van der Waals surface area contributed by atoms with Gasteiger partial charge in [0.1, 0.15) is 6.10 Å². The Morgan fingerprint density at radius 2 is 1.85 bits per heavy atom. The first-order valence-corrected chi connectivity index (χ1v) is 7.21. The molecule has 3 heteroatoms. The standard InChI is InChI=1S/C17H26O3/c1-6-16(18)20-14(3)11-17(4,5)19-12-15-9-7-13(2)8-10-15/h7-10,14H,6,11-12H2,1-5H3. The van der Waals surface area contributed by atoms with Gasteiger partial charge < -0.3 is 9.47 Å². The predicted molar refractivity (Wildman–Crippen MR) is 80.5 cm³/mol. The Morgan fingerprint density at radius 1 is 1.25 bits per heavy atom. The second-order valence-electron chi connectivity index (χ2n) is 5.89. The largest absolute Gasteiger partial charge is 0.463 e. The Hall–Kier alpha value is -1.35. The molecule has 0 saturated heterocycles. The molecule has 112 valence electrons. The van der Waals surface area contributed by atoms with Crippen LogP contribution >= 0.6 is 0 Å². The molecule has 3 nitrogen and oxygen atoms in total. The molecule has 0 bridgehead atoms. The van der Waals surface area contributed by atoms with Crippen LogP contribution in [0.5, 0.6) is 0 Å². The number of rotatable bonds is 7. The van der Waals surface area contributed by atoms with Gasteiger partial charge >= 0.3 is 5.97 Å². The van der Waals surface area contributed by atoms with E-state index in [9.17, 15) is 4.79 Å². The van der Waals surface area contributed by atoms with Gasteiger partial charge in [0.2, 0.25) is 0 Å². The molecular formula is C17H26O3. The smallest absolute Gasteiger partial charge is 0.305 e. The molecule has 1 atom stereocenters. The molecule has 0 aliphatic carbocycles. The maximum absolute atomic E-state index is 11.3. The van der Waals surface area contributed by atoms with Gasteiger partial charge in [-0.25, -0.2) is 0 Å². The van der Waals surface area contributed by atoms with E-state index >= 15 is 0 Å². The zero-order valence-corrected chi connectivity index (χ0v) is 13.2. The van der Waals surface area contributed by atoms with Gasteiger partial charge in [-0.05, 0) is 33.3 Å². The quantitative estimate of drug-likeness (QED) is 0.707. The van der Waals surface area contributed by atoms with Gasteiger partial charge in [0.25, 0.3) is 0 Å². The van der Waals surface area contributed by atoms with Crippen molar-refractivity contribution in [3.05, 3.63) is 35.4 Å². The molecule has 0 radical (unpaired) electrons. The Bertz CT molecular complexity index is 420. The summed E-state index contributed by atoms with van der Waals surface area (Å²) in [7, 11) is 0. The van der Waals surface area contributed by atoms with Gasteiger partial charge in [0, 0.05) is 12.8 Å². The van der Waals surface area contributed by atoms with Gasteiger partial charge in [-0.15, -0.1) is 0 Å². The average molecular weight is 278 g/mol. The topological polar surface area (TPSA) is 35.5 Å². The van der Waals surface area contributed by atoms with Crippen LogP contribution in [0.1, 0.15) is 51.7 Å². The van der Waals surface area contributed by atoms with Gasteiger partial charge in [-0.1, -0.05) is 36.8 Å². The van der Waals surface area contributed by atoms with Crippen molar-refractivity contribution < 1.29 is 14.3 Å². The van der Waals surface area contributed by atoms with Crippen molar-refractivity contribution in [2.45, 2.75) is 65.8 Å². The van der Waals surface area contributed by atoms with E-state index in [2.05, 4.69) is 31.2 Å². The summed E-state index contributed by atoms with van der Waals surface area (Å²) in [5.41, 5.74) is 2.08. The zero-order valence-electron chi connectivity index (χ0n) is 13.2. The van der Waals surface area contributed by atoms with Crippen molar-refractivity contribution in [1.29, 1.82) is 0 Å². The van der Waals surface area contributed by atoms with Crippen molar-refractivity contribution in [2.75, 3.05) is 0 Å². The number of esters is 1. The number of carbonyl (C=O) groups excluding carboxylic acids is 1. The van der Waals surface area contributed by atoms with Crippen LogP contribution in [-0.2, 0) is 20.9 Å². The van der Waals surface area contributed by atoms with E-state index in [0.717, 1.165) is 5.56 Å². The molecule has 1 unspecified atom stereocenters. The third-order valence-corrected chi connectivity index (χ3v) is 3.15. The maximum atomic E-state index is 11.3. The normalized spacial score (nSPS) is 13.1. The molecule has 0 fully saturated rings. The van der Waals surface area contributed by atoms with Crippen molar-refractivity contribution in [3.8, 4) is 0 Å². The highest BCUT2D eigenvalue weighted by Gasteiger charge is 2.23. The minimum atomic E-state index is -0.321. The van der Waals surface area contributed by atoms with Crippen LogP contribution in [-0.4, -0.2) is 17.7 Å². The van der Waals surface area contributed by atoms with Crippen molar-refractivity contribution >= 4 is 5.97 Å². The number of carbonyl (C=O) groups is 1. The first-order chi connectivity index (χ1) is 9.32. The number of hydrogen-bond donors (Lipinski definition) is 0. The van der Waals surface area contributed by atoms with E-state index in [0.29, 0.717) is 19.4 Å². The lowest BCUT2D eigenvalue weighted by molar-refractivity contribution is -0.151. The summed E-state index contributed by atoms with van der Waals surface area (Å²) in [5.74, 6) is -0.160. The predicted octanol–water partition coefficient (Wildman–Crippen LogP) is 4.02. The van der Waals surface area contributed by atoms with Crippen LogP contribution in [0, 0.1) is 6.92 Å². The second kappa shape index (κ2) is 7.44. The number of ether oxygens (including phenoxy) is 2. The molecule has 1 aromatic rings. The first kappa shape index (κ1) is 16.7. The summed E-state index contributed by atoms with van der Waals surface area (Å²) in [6.45, 7) is 10.4. The average Bonchev–Trinajstić information content (AvgIpc) is 2.37. The fraction of sp³-hybridized carbons (Fsp3) is 0.588. The fourth-order valence-electron chi connectivity index (χ4n) is 2.06. The van der Waals surface area contributed by atoms with Crippen molar-refractivity contribution in [2.24, 2.45) is 0 Å².